The van der Waals surface area contributed by atoms with Gasteiger partial charge in [0.05, 0.1) is 5.69 Å². The van der Waals surface area contributed by atoms with Crippen molar-refractivity contribution in [3.63, 3.8) is 0 Å². The Balaban J connectivity index is 0.000000144. The summed E-state index contributed by atoms with van der Waals surface area (Å²) in [6.45, 7) is 2.07. The van der Waals surface area contributed by atoms with E-state index in [1.54, 1.807) is 0 Å². The van der Waals surface area contributed by atoms with E-state index in [0.717, 1.165) is 16.3 Å². The summed E-state index contributed by atoms with van der Waals surface area (Å²) in [4.78, 5) is 4.19. The fourth-order valence-electron chi connectivity index (χ4n) is 1.85. The Morgan fingerprint density at radius 2 is 1.75 bits per heavy atom. The highest BCUT2D eigenvalue weighted by Gasteiger charge is 2.01. The largest absolute Gasteiger partial charge is 0.225 e. The molecule has 2 aliphatic carbocycles. The number of aryl methyl sites for hydroxylation is 1. The third kappa shape index (κ3) is 2.73. The van der Waals surface area contributed by atoms with Crippen LogP contribution >= 0.6 is 34.5 Å². The molecule has 4 rings (SSSR count). The van der Waals surface area contributed by atoms with Gasteiger partial charge in [-0.25, -0.2) is 4.98 Å². The maximum atomic E-state index is 5.75. The summed E-state index contributed by atoms with van der Waals surface area (Å²) in [6.07, 6.45) is 0. The zero-order chi connectivity index (χ0) is 14.1. The zero-order valence-corrected chi connectivity index (χ0v) is 13.1. The van der Waals surface area contributed by atoms with Gasteiger partial charge in [0, 0.05) is 21.2 Å². The number of hydrogen-bond donors (Lipinski definition) is 0. The van der Waals surface area contributed by atoms with Gasteiger partial charge in [-0.05, 0) is 18.2 Å². The molecular formula is C16H11Cl2NS. The van der Waals surface area contributed by atoms with Gasteiger partial charge in [-0.1, -0.05) is 65.2 Å². The smallest absolute Gasteiger partial charge is 0.184 e. The molecule has 2 aromatic rings. The first-order valence-electron chi connectivity index (χ1n) is 6.11. The van der Waals surface area contributed by atoms with Crippen molar-refractivity contribution < 1.29 is 0 Å². The van der Waals surface area contributed by atoms with Gasteiger partial charge in [0.15, 0.2) is 4.47 Å². The van der Waals surface area contributed by atoms with Gasteiger partial charge < -0.3 is 0 Å². The summed E-state index contributed by atoms with van der Waals surface area (Å²) in [7, 11) is 0. The van der Waals surface area contributed by atoms with E-state index in [0.29, 0.717) is 4.47 Å². The van der Waals surface area contributed by atoms with Gasteiger partial charge in [0.25, 0.3) is 0 Å². The Morgan fingerprint density at radius 3 is 2.10 bits per heavy atom. The molecule has 0 atom stereocenters. The second-order valence-corrected chi connectivity index (χ2v) is 6.39. The zero-order valence-electron chi connectivity index (χ0n) is 10.7. The monoisotopic (exact) mass is 319 g/mol. The van der Waals surface area contributed by atoms with Crippen LogP contribution in [0.15, 0.2) is 47.8 Å². The molecule has 0 amide bonds. The van der Waals surface area contributed by atoms with Crippen molar-refractivity contribution in [1.82, 2.24) is 4.98 Å². The minimum absolute atomic E-state index is 0.593. The summed E-state index contributed by atoms with van der Waals surface area (Å²) >= 11 is 12.8. The molecule has 2 aliphatic rings. The lowest BCUT2D eigenvalue weighted by molar-refractivity contribution is 1.38. The Labute approximate surface area is 131 Å². The van der Waals surface area contributed by atoms with Crippen molar-refractivity contribution in [3.05, 3.63) is 73.3 Å². The average molecular weight is 320 g/mol. The first kappa shape index (κ1) is 13.6. The van der Waals surface area contributed by atoms with Crippen molar-refractivity contribution in [2.45, 2.75) is 6.92 Å². The maximum Gasteiger partial charge on any atom is 0.184 e. The van der Waals surface area contributed by atoms with Crippen LogP contribution in [0.1, 0.15) is 5.56 Å². The number of aromatic nitrogens is 1. The third-order valence-corrected chi connectivity index (χ3v) is 4.39. The maximum absolute atomic E-state index is 5.75. The molecule has 0 radical (unpaired) electrons. The van der Waals surface area contributed by atoms with Gasteiger partial charge in [-0.2, -0.15) is 0 Å². The Bertz CT molecular complexity index is 838. The van der Waals surface area contributed by atoms with E-state index in [1.807, 2.05) is 17.5 Å². The lowest BCUT2D eigenvalue weighted by Gasteiger charge is -2.01. The third-order valence-electron chi connectivity index (χ3n) is 3.10. The highest BCUT2D eigenvalue weighted by atomic mass is 35.5. The number of rotatable bonds is 1. The second-order valence-electron chi connectivity index (χ2n) is 4.55. The van der Waals surface area contributed by atoms with Crippen molar-refractivity contribution >= 4 is 34.5 Å². The normalized spacial score (nSPS) is 10.8. The Hall–Kier alpha value is -1.35. The minimum Gasteiger partial charge on any atom is -0.225 e. The number of halogens is 2. The SMILES string of the molecule is Cc1ccc(-c2csc(Cl)n2)cc1.Clc1cc2ccc1=2. The Morgan fingerprint density at radius 1 is 1.00 bits per heavy atom. The van der Waals surface area contributed by atoms with Crippen molar-refractivity contribution in [3.8, 4) is 11.3 Å². The minimum atomic E-state index is 0.593. The van der Waals surface area contributed by atoms with E-state index in [2.05, 4.69) is 42.2 Å². The highest BCUT2D eigenvalue weighted by molar-refractivity contribution is 7.14. The van der Waals surface area contributed by atoms with E-state index >= 15 is 0 Å². The summed E-state index contributed by atoms with van der Waals surface area (Å²) in [5.74, 6) is 0. The van der Waals surface area contributed by atoms with Crippen LogP contribution in [0.4, 0.5) is 0 Å². The van der Waals surface area contributed by atoms with Gasteiger partial charge in [0.2, 0.25) is 0 Å². The lowest BCUT2D eigenvalue weighted by Crippen LogP contribution is -1.84. The molecule has 0 spiro atoms. The second kappa shape index (κ2) is 5.57. The highest BCUT2D eigenvalue weighted by Crippen LogP contribution is 2.24. The van der Waals surface area contributed by atoms with Gasteiger partial charge in [0.1, 0.15) is 0 Å². The number of nitrogens with zero attached hydrogens (tertiary/aromatic N) is 1. The van der Waals surface area contributed by atoms with E-state index in [9.17, 15) is 0 Å². The molecule has 1 aromatic carbocycles. The first-order valence-corrected chi connectivity index (χ1v) is 7.75. The van der Waals surface area contributed by atoms with Gasteiger partial charge in [-0.15, -0.1) is 11.3 Å². The van der Waals surface area contributed by atoms with Crippen LogP contribution in [0.25, 0.3) is 11.3 Å². The Kier molecular flexibility index (Phi) is 3.79. The van der Waals surface area contributed by atoms with Gasteiger partial charge in [-0.3, -0.25) is 0 Å². The van der Waals surface area contributed by atoms with Crippen molar-refractivity contribution in [2.24, 2.45) is 0 Å². The molecule has 0 aliphatic heterocycles. The molecule has 0 N–H and O–H groups in total. The van der Waals surface area contributed by atoms with Crippen LogP contribution in [0.5, 0.6) is 0 Å². The molecule has 1 heterocycles. The topological polar surface area (TPSA) is 12.9 Å². The first-order chi connectivity index (χ1) is 9.63. The molecule has 0 unspecified atom stereocenters. The van der Waals surface area contributed by atoms with Crippen LogP contribution in [0.3, 0.4) is 0 Å². The van der Waals surface area contributed by atoms with Gasteiger partial charge >= 0.3 is 0 Å². The molecular weight excluding hydrogens is 309 g/mol. The molecule has 20 heavy (non-hydrogen) atoms. The van der Waals surface area contributed by atoms with E-state index in [4.69, 9.17) is 23.2 Å². The summed E-state index contributed by atoms with van der Waals surface area (Å²) in [6, 6.07) is 14.3. The molecule has 1 nitrogen and oxygen atoms in total. The lowest BCUT2D eigenvalue weighted by atomic mass is 10.1. The van der Waals surface area contributed by atoms with Crippen LogP contribution in [0, 0.1) is 17.4 Å². The van der Waals surface area contributed by atoms with Crippen LogP contribution in [-0.2, 0) is 0 Å². The van der Waals surface area contributed by atoms with E-state index in [-0.39, 0.29) is 0 Å². The number of hydrogen-bond acceptors (Lipinski definition) is 2. The predicted molar refractivity (Wildman–Crippen MR) is 86.4 cm³/mol. The van der Waals surface area contributed by atoms with Crippen LogP contribution in [-0.4, -0.2) is 4.98 Å². The van der Waals surface area contributed by atoms with E-state index in [1.165, 1.54) is 27.3 Å². The fraction of sp³-hybridized carbons (Fsp3) is 0.0625. The predicted octanol–water partition coefficient (Wildman–Crippen LogP) is 5.71. The average Bonchev–Trinajstić information content (AvgIpc) is 2.84. The van der Waals surface area contributed by atoms with Crippen LogP contribution in [0.2, 0.25) is 9.49 Å². The van der Waals surface area contributed by atoms with E-state index < -0.39 is 0 Å². The molecule has 0 bridgehead atoms. The summed E-state index contributed by atoms with van der Waals surface area (Å²) in [5, 5.41) is 5.43. The fourth-order valence-corrected chi connectivity index (χ4v) is 2.91. The molecule has 0 saturated carbocycles. The van der Waals surface area contributed by atoms with Crippen molar-refractivity contribution in [1.29, 1.82) is 0 Å². The standard InChI is InChI=1S/C10H8ClNS.C6H3Cl/c1-7-2-4-8(5-3-7)9-6-13-10(11)12-9;7-6-3-4-1-2-5(4)6/h2-6H,1H3;1-3H. The number of thiazole rings is 1. The summed E-state index contributed by atoms with van der Waals surface area (Å²) < 4.78 is 0.593. The van der Waals surface area contributed by atoms with Crippen molar-refractivity contribution in [2.75, 3.05) is 0 Å². The molecule has 0 fully saturated rings. The molecule has 4 heteroatoms. The van der Waals surface area contributed by atoms with Crippen LogP contribution < -0.4 is 0 Å². The number of benzene rings is 2. The molecule has 100 valence electrons. The molecule has 0 saturated heterocycles. The quantitative estimate of drug-likeness (QED) is 0.437. The molecule has 1 aromatic heterocycles. The summed E-state index contributed by atoms with van der Waals surface area (Å²) in [5.41, 5.74) is 3.33.